The second-order valence-electron chi connectivity index (χ2n) is 5.94. The highest BCUT2D eigenvalue weighted by molar-refractivity contribution is 4.92. The van der Waals surface area contributed by atoms with Crippen molar-refractivity contribution >= 4 is 0 Å². The van der Waals surface area contributed by atoms with Crippen molar-refractivity contribution in [1.29, 1.82) is 0 Å². The minimum atomic E-state index is 0.407. The molecule has 1 N–H and O–H groups in total. The van der Waals surface area contributed by atoms with Gasteiger partial charge in [-0.1, -0.05) is 34.6 Å². The number of aromatic nitrogens is 3. The summed E-state index contributed by atoms with van der Waals surface area (Å²) in [6, 6.07) is 0. The predicted octanol–water partition coefficient (Wildman–Crippen LogP) is 2.43. The summed E-state index contributed by atoms with van der Waals surface area (Å²) in [5.74, 6) is 2.06. The lowest BCUT2D eigenvalue weighted by Gasteiger charge is -2.18. The summed E-state index contributed by atoms with van der Waals surface area (Å²) >= 11 is 0. The van der Waals surface area contributed by atoms with Gasteiger partial charge in [-0.05, 0) is 18.4 Å². The Hall–Kier alpha value is -0.900. The van der Waals surface area contributed by atoms with E-state index in [9.17, 15) is 0 Å². The smallest absolute Gasteiger partial charge is 0.150 e. The maximum absolute atomic E-state index is 4.51. The molecule has 0 saturated carbocycles. The largest absolute Gasteiger partial charge is 0.315 e. The van der Waals surface area contributed by atoms with Crippen molar-refractivity contribution < 1.29 is 0 Å². The Bertz CT molecular complexity index is 349. The van der Waals surface area contributed by atoms with Crippen LogP contribution in [-0.2, 0) is 19.4 Å². The Balaban J connectivity index is 2.32. The van der Waals surface area contributed by atoms with E-state index in [4.69, 9.17) is 0 Å². The molecule has 4 nitrogen and oxygen atoms in total. The molecule has 0 aliphatic carbocycles. The number of aryl methyl sites for hydroxylation is 2. The molecule has 0 spiro atoms. The van der Waals surface area contributed by atoms with Gasteiger partial charge < -0.3 is 5.32 Å². The van der Waals surface area contributed by atoms with Gasteiger partial charge in [0.2, 0.25) is 0 Å². The number of nitrogens with one attached hydrogen (secondary N) is 1. The zero-order valence-corrected chi connectivity index (χ0v) is 12.6. The molecule has 0 aromatic carbocycles. The van der Waals surface area contributed by atoms with Gasteiger partial charge >= 0.3 is 0 Å². The molecule has 104 valence electrons. The van der Waals surface area contributed by atoms with Crippen LogP contribution in [0.4, 0.5) is 0 Å². The third-order valence-corrected chi connectivity index (χ3v) is 2.98. The van der Waals surface area contributed by atoms with Crippen LogP contribution < -0.4 is 5.32 Å². The molecule has 0 radical (unpaired) electrons. The molecule has 4 heteroatoms. The molecule has 0 aliphatic rings. The van der Waals surface area contributed by atoms with Crippen LogP contribution in [0.15, 0.2) is 0 Å². The van der Waals surface area contributed by atoms with Gasteiger partial charge in [-0.25, -0.2) is 9.67 Å². The molecule has 1 heterocycles. The van der Waals surface area contributed by atoms with Crippen LogP contribution in [0.5, 0.6) is 0 Å². The van der Waals surface area contributed by atoms with Crippen molar-refractivity contribution in [2.75, 3.05) is 13.1 Å². The summed E-state index contributed by atoms with van der Waals surface area (Å²) in [4.78, 5) is 4.51. The average molecular weight is 252 g/mol. The summed E-state index contributed by atoms with van der Waals surface area (Å²) in [7, 11) is 0. The molecule has 0 fully saturated rings. The predicted molar refractivity (Wildman–Crippen MR) is 75.7 cm³/mol. The van der Waals surface area contributed by atoms with Crippen molar-refractivity contribution in [3.05, 3.63) is 11.6 Å². The van der Waals surface area contributed by atoms with Gasteiger partial charge in [-0.2, -0.15) is 5.10 Å². The molecule has 0 amide bonds. The van der Waals surface area contributed by atoms with Crippen molar-refractivity contribution in [2.24, 2.45) is 5.41 Å². The van der Waals surface area contributed by atoms with Crippen LogP contribution in [0.3, 0.4) is 0 Å². The summed E-state index contributed by atoms with van der Waals surface area (Å²) in [5, 5.41) is 7.99. The first-order chi connectivity index (χ1) is 8.46. The van der Waals surface area contributed by atoms with Crippen LogP contribution in [-0.4, -0.2) is 27.9 Å². The molecular weight excluding hydrogens is 224 g/mol. The van der Waals surface area contributed by atoms with E-state index in [1.165, 1.54) is 6.42 Å². The highest BCUT2D eigenvalue weighted by Crippen LogP contribution is 2.16. The Morgan fingerprint density at radius 1 is 1.11 bits per heavy atom. The summed E-state index contributed by atoms with van der Waals surface area (Å²) < 4.78 is 2.04. The molecule has 1 aromatic heterocycles. The average Bonchev–Trinajstić information content (AvgIpc) is 2.69. The maximum Gasteiger partial charge on any atom is 0.150 e. The van der Waals surface area contributed by atoms with Crippen molar-refractivity contribution in [2.45, 2.75) is 60.4 Å². The zero-order valence-electron chi connectivity index (χ0n) is 12.6. The minimum Gasteiger partial charge on any atom is -0.315 e. The fraction of sp³-hybridized carbons (Fsp3) is 0.857. The highest BCUT2D eigenvalue weighted by atomic mass is 15.3. The molecule has 0 bridgehead atoms. The Labute approximate surface area is 111 Å². The highest BCUT2D eigenvalue weighted by Gasteiger charge is 2.09. The molecule has 1 rings (SSSR count). The molecular formula is C14H28N4. The number of hydrogen-bond acceptors (Lipinski definition) is 3. The number of nitrogens with zero attached hydrogens (tertiary/aromatic N) is 3. The van der Waals surface area contributed by atoms with Gasteiger partial charge in [0, 0.05) is 19.4 Å². The van der Waals surface area contributed by atoms with E-state index < -0.39 is 0 Å². The fourth-order valence-corrected chi connectivity index (χ4v) is 1.79. The van der Waals surface area contributed by atoms with Gasteiger partial charge in [-0.15, -0.1) is 0 Å². The van der Waals surface area contributed by atoms with Crippen molar-refractivity contribution in [3.8, 4) is 0 Å². The van der Waals surface area contributed by atoms with E-state index in [0.717, 1.165) is 44.1 Å². The van der Waals surface area contributed by atoms with Gasteiger partial charge in [0.15, 0.2) is 5.82 Å². The quantitative estimate of drug-likeness (QED) is 0.758. The molecule has 0 atom stereocenters. The van der Waals surface area contributed by atoms with Crippen molar-refractivity contribution in [3.63, 3.8) is 0 Å². The Morgan fingerprint density at radius 3 is 2.39 bits per heavy atom. The summed E-state index contributed by atoms with van der Waals surface area (Å²) in [5.41, 5.74) is 0.407. The zero-order chi connectivity index (χ0) is 13.6. The first kappa shape index (κ1) is 15.2. The lowest BCUT2D eigenvalue weighted by Crippen LogP contribution is -2.25. The first-order valence-electron chi connectivity index (χ1n) is 7.09. The molecule has 0 unspecified atom stereocenters. The van der Waals surface area contributed by atoms with Crippen LogP contribution >= 0.6 is 0 Å². The monoisotopic (exact) mass is 252 g/mol. The lowest BCUT2D eigenvalue weighted by molar-refractivity contribution is 0.364. The van der Waals surface area contributed by atoms with Crippen LogP contribution in [0, 0.1) is 5.41 Å². The number of rotatable bonds is 7. The van der Waals surface area contributed by atoms with Gasteiger partial charge in [0.25, 0.3) is 0 Å². The minimum absolute atomic E-state index is 0.407. The second kappa shape index (κ2) is 6.88. The van der Waals surface area contributed by atoms with E-state index >= 15 is 0 Å². The van der Waals surface area contributed by atoms with Crippen LogP contribution in [0.2, 0.25) is 0 Å². The molecule has 0 saturated heterocycles. The van der Waals surface area contributed by atoms with E-state index in [1.807, 2.05) is 4.68 Å². The third kappa shape index (κ3) is 5.17. The summed E-state index contributed by atoms with van der Waals surface area (Å²) in [6.45, 7) is 14.0. The molecule has 1 aromatic rings. The van der Waals surface area contributed by atoms with Gasteiger partial charge in [0.05, 0.1) is 6.54 Å². The lowest BCUT2D eigenvalue weighted by atomic mass is 9.92. The standard InChI is InChI=1S/C14H28N4/c1-6-12-16-13(7-2)18(17-12)11-10-15-9-8-14(3,4)5/h15H,6-11H2,1-5H3. The first-order valence-corrected chi connectivity index (χ1v) is 7.09. The fourth-order valence-electron chi connectivity index (χ4n) is 1.79. The van der Waals surface area contributed by atoms with Gasteiger partial charge in [-0.3, -0.25) is 0 Å². The van der Waals surface area contributed by atoms with E-state index in [1.54, 1.807) is 0 Å². The molecule has 0 aliphatic heterocycles. The van der Waals surface area contributed by atoms with E-state index in [0.29, 0.717) is 5.41 Å². The number of hydrogen-bond donors (Lipinski definition) is 1. The van der Waals surface area contributed by atoms with E-state index in [-0.39, 0.29) is 0 Å². The SMILES string of the molecule is CCc1nc(CC)n(CCNCCC(C)(C)C)n1. The third-order valence-electron chi connectivity index (χ3n) is 2.98. The van der Waals surface area contributed by atoms with Crippen LogP contribution in [0.1, 0.15) is 52.7 Å². The van der Waals surface area contributed by atoms with Crippen molar-refractivity contribution in [1.82, 2.24) is 20.1 Å². The normalized spacial score (nSPS) is 12.1. The summed E-state index contributed by atoms with van der Waals surface area (Å²) in [6.07, 6.45) is 3.07. The van der Waals surface area contributed by atoms with E-state index in [2.05, 4.69) is 50.0 Å². The van der Waals surface area contributed by atoms with Gasteiger partial charge in [0.1, 0.15) is 5.82 Å². The van der Waals surface area contributed by atoms with Crippen LogP contribution in [0.25, 0.3) is 0 Å². The maximum atomic E-state index is 4.51. The Morgan fingerprint density at radius 2 is 1.83 bits per heavy atom. The Kier molecular flexibility index (Phi) is 5.79. The topological polar surface area (TPSA) is 42.7 Å². The second-order valence-corrected chi connectivity index (χ2v) is 5.94. The molecule has 18 heavy (non-hydrogen) atoms.